The molecule has 9 heteroatoms. The first kappa shape index (κ1) is 27.6. The smallest absolute Gasteiger partial charge is 0.387 e. The lowest BCUT2D eigenvalue weighted by Gasteiger charge is -2.14. The average Bonchev–Trinajstić information content (AvgIpc) is 2.76. The van der Waals surface area contributed by atoms with Crippen LogP contribution in [0.1, 0.15) is 48.2 Å². The maximum Gasteiger partial charge on any atom is 0.387 e. The normalized spacial score (nSPS) is 11.0. The standard InChI is InChI=1S/C23H30F2N4O2.HI/c1-3-5-14-27-21(30)18-12-10-17(11-13-18)15-28-23(26-4-2)29-16-19-8-6-7-9-20(19)31-22(24)25;/h6-13,22H,3-5,14-16H2,1-2H3,(H,27,30)(H2,26,28,29);1H. The third kappa shape index (κ3) is 9.80. The lowest BCUT2D eigenvalue weighted by atomic mass is 10.1. The number of alkyl halides is 2. The highest BCUT2D eigenvalue weighted by Gasteiger charge is 2.09. The first-order chi connectivity index (χ1) is 15.0. The van der Waals surface area contributed by atoms with Gasteiger partial charge in [0.2, 0.25) is 0 Å². The summed E-state index contributed by atoms with van der Waals surface area (Å²) in [6.07, 6.45) is 1.99. The quantitative estimate of drug-likeness (QED) is 0.161. The number of carbonyl (C=O) groups excluding carboxylic acids is 1. The molecule has 1 amide bonds. The van der Waals surface area contributed by atoms with Crippen LogP contribution in [0.4, 0.5) is 8.78 Å². The fourth-order valence-electron chi connectivity index (χ4n) is 2.79. The van der Waals surface area contributed by atoms with E-state index in [1.165, 1.54) is 6.07 Å². The molecule has 176 valence electrons. The van der Waals surface area contributed by atoms with Crippen LogP contribution in [0.15, 0.2) is 53.5 Å². The number of amides is 1. The summed E-state index contributed by atoms with van der Waals surface area (Å²) in [4.78, 5) is 16.6. The molecule has 0 spiro atoms. The Bertz CT molecular complexity index is 848. The van der Waals surface area contributed by atoms with E-state index in [2.05, 4.69) is 32.6 Å². The fraction of sp³-hybridized carbons (Fsp3) is 0.391. The summed E-state index contributed by atoms with van der Waals surface area (Å²) < 4.78 is 29.7. The summed E-state index contributed by atoms with van der Waals surface area (Å²) in [5.74, 6) is 0.604. The van der Waals surface area contributed by atoms with Crippen molar-refractivity contribution in [2.24, 2.45) is 4.99 Å². The summed E-state index contributed by atoms with van der Waals surface area (Å²) in [5, 5.41) is 9.15. The van der Waals surface area contributed by atoms with Gasteiger partial charge in [0.25, 0.3) is 5.91 Å². The van der Waals surface area contributed by atoms with E-state index in [1.54, 1.807) is 30.3 Å². The molecule has 3 N–H and O–H groups in total. The largest absolute Gasteiger partial charge is 0.434 e. The number of carbonyl (C=O) groups is 1. The minimum Gasteiger partial charge on any atom is -0.434 e. The van der Waals surface area contributed by atoms with Gasteiger partial charge in [-0.15, -0.1) is 24.0 Å². The highest BCUT2D eigenvalue weighted by Crippen LogP contribution is 2.19. The number of hydrogen-bond acceptors (Lipinski definition) is 3. The van der Waals surface area contributed by atoms with Crippen molar-refractivity contribution < 1.29 is 18.3 Å². The van der Waals surface area contributed by atoms with Crippen molar-refractivity contribution in [2.75, 3.05) is 13.1 Å². The van der Waals surface area contributed by atoms with Crippen LogP contribution in [0.2, 0.25) is 0 Å². The zero-order valence-electron chi connectivity index (χ0n) is 18.4. The van der Waals surface area contributed by atoms with Crippen LogP contribution in [0.25, 0.3) is 0 Å². The van der Waals surface area contributed by atoms with E-state index in [0.29, 0.717) is 36.7 Å². The minimum absolute atomic E-state index is 0. The first-order valence-electron chi connectivity index (χ1n) is 10.5. The Labute approximate surface area is 205 Å². The Hall–Kier alpha value is -2.43. The van der Waals surface area contributed by atoms with Crippen LogP contribution < -0.4 is 20.7 Å². The van der Waals surface area contributed by atoms with Gasteiger partial charge in [-0.05, 0) is 37.1 Å². The van der Waals surface area contributed by atoms with Crippen LogP contribution in [0.5, 0.6) is 5.75 Å². The molecular weight excluding hydrogens is 529 g/mol. The van der Waals surface area contributed by atoms with Gasteiger partial charge in [0.1, 0.15) is 5.75 Å². The predicted molar refractivity (Wildman–Crippen MR) is 134 cm³/mol. The van der Waals surface area contributed by atoms with Gasteiger partial charge in [0.05, 0.1) is 6.54 Å². The Kier molecular flexibility index (Phi) is 13.3. The molecule has 0 aliphatic rings. The molecule has 2 rings (SSSR count). The molecule has 0 saturated heterocycles. The summed E-state index contributed by atoms with van der Waals surface area (Å²) in [5.41, 5.74) is 2.17. The molecule has 0 radical (unpaired) electrons. The summed E-state index contributed by atoms with van der Waals surface area (Å²) in [7, 11) is 0. The zero-order valence-corrected chi connectivity index (χ0v) is 20.7. The number of aliphatic imine (C=N–C) groups is 1. The Morgan fingerprint density at radius 2 is 1.75 bits per heavy atom. The van der Waals surface area contributed by atoms with Crippen molar-refractivity contribution in [2.45, 2.75) is 46.4 Å². The molecule has 0 aliphatic carbocycles. The highest BCUT2D eigenvalue weighted by atomic mass is 127. The van der Waals surface area contributed by atoms with E-state index in [9.17, 15) is 13.6 Å². The van der Waals surface area contributed by atoms with E-state index < -0.39 is 6.61 Å². The molecule has 32 heavy (non-hydrogen) atoms. The number of hydrogen-bond donors (Lipinski definition) is 3. The number of rotatable bonds is 11. The number of guanidine groups is 1. The lowest BCUT2D eigenvalue weighted by molar-refractivity contribution is -0.0504. The minimum atomic E-state index is -2.88. The molecule has 6 nitrogen and oxygen atoms in total. The van der Waals surface area contributed by atoms with Crippen molar-refractivity contribution in [3.05, 3.63) is 65.2 Å². The molecule has 0 atom stereocenters. The van der Waals surface area contributed by atoms with Gasteiger partial charge < -0.3 is 20.7 Å². The van der Waals surface area contributed by atoms with E-state index >= 15 is 0 Å². The highest BCUT2D eigenvalue weighted by molar-refractivity contribution is 14.0. The van der Waals surface area contributed by atoms with E-state index in [1.807, 2.05) is 19.1 Å². The second kappa shape index (κ2) is 15.4. The van der Waals surface area contributed by atoms with Crippen molar-refractivity contribution in [1.82, 2.24) is 16.0 Å². The maximum absolute atomic E-state index is 12.6. The molecule has 0 aromatic heterocycles. The number of halogens is 3. The third-order valence-corrected chi connectivity index (χ3v) is 4.43. The summed E-state index contributed by atoms with van der Waals surface area (Å²) in [6, 6.07) is 13.9. The van der Waals surface area contributed by atoms with Gasteiger partial charge in [-0.25, -0.2) is 4.99 Å². The molecule has 0 bridgehead atoms. The molecule has 0 saturated carbocycles. The van der Waals surface area contributed by atoms with Gasteiger partial charge in [-0.3, -0.25) is 4.79 Å². The van der Waals surface area contributed by atoms with Gasteiger partial charge >= 0.3 is 6.61 Å². The topological polar surface area (TPSA) is 74.8 Å². The van der Waals surface area contributed by atoms with Crippen LogP contribution in [0, 0.1) is 0 Å². The molecule has 0 fully saturated rings. The second-order valence-electron chi connectivity index (χ2n) is 6.84. The van der Waals surface area contributed by atoms with Gasteiger partial charge in [-0.1, -0.05) is 43.7 Å². The molecule has 2 aromatic carbocycles. The number of unbranched alkanes of at least 4 members (excludes halogenated alkanes) is 1. The second-order valence-corrected chi connectivity index (χ2v) is 6.84. The number of para-hydroxylation sites is 1. The molecule has 0 heterocycles. The summed E-state index contributed by atoms with van der Waals surface area (Å²) in [6.45, 7) is 3.15. The van der Waals surface area contributed by atoms with Crippen LogP contribution in [-0.2, 0) is 13.1 Å². The fourth-order valence-corrected chi connectivity index (χ4v) is 2.79. The van der Waals surface area contributed by atoms with Gasteiger partial charge in [0, 0.05) is 30.8 Å². The first-order valence-corrected chi connectivity index (χ1v) is 10.5. The van der Waals surface area contributed by atoms with E-state index in [-0.39, 0.29) is 42.2 Å². The lowest BCUT2D eigenvalue weighted by Crippen LogP contribution is -2.36. The van der Waals surface area contributed by atoms with E-state index in [0.717, 1.165) is 18.4 Å². The number of nitrogens with zero attached hydrogens (tertiary/aromatic N) is 1. The number of nitrogens with one attached hydrogen (secondary N) is 3. The molecular formula is C23H31F2IN4O2. The maximum atomic E-state index is 12.6. The number of benzene rings is 2. The molecule has 2 aromatic rings. The summed E-state index contributed by atoms with van der Waals surface area (Å²) >= 11 is 0. The molecule has 0 unspecified atom stereocenters. The van der Waals surface area contributed by atoms with Gasteiger partial charge in [0.15, 0.2) is 5.96 Å². The third-order valence-electron chi connectivity index (χ3n) is 4.43. The Balaban J connectivity index is 0.00000512. The van der Waals surface area contributed by atoms with Crippen LogP contribution in [0.3, 0.4) is 0 Å². The Morgan fingerprint density at radius 3 is 2.41 bits per heavy atom. The van der Waals surface area contributed by atoms with Gasteiger partial charge in [-0.2, -0.15) is 8.78 Å². The number of ether oxygens (including phenoxy) is 1. The monoisotopic (exact) mass is 560 g/mol. The Morgan fingerprint density at radius 1 is 1.03 bits per heavy atom. The molecule has 0 aliphatic heterocycles. The van der Waals surface area contributed by atoms with Crippen LogP contribution in [-0.4, -0.2) is 31.6 Å². The van der Waals surface area contributed by atoms with Crippen LogP contribution >= 0.6 is 24.0 Å². The SMILES string of the molecule is CCCCNC(=O)c1ccc(CN=C(NCC)NCc2ccccc2OC(F)F)cc1.I. The predicted octanol–water partition coefficient (Wildman–Crippen LogP) is 4.69. The average molecular weight is 560 g/mol. The van der Waals surface area contributed by atoms with Crippen molar-refractivity contribution in [3.63, 3.8) is 0 Å². The van der Waals surface area contributed by atoms with Crippen molar-refractivity contribution >= 4 is 35.8 Å². The van der Waals surface area contributed by atoms with Crippen molar-refractivity contribution in [3.8, 4) is 5.75 Å². The van der Waals surface area contributed by atoms with E-state index in [4.69, 9.17) is 0 Å². The van der Waals surface area contributed by atoms with Crippen molar-refractivity contribution in [1.29, 1.82) is 0 Å². The zero-order chi connectivity index (χ0) is 22.5.